The summed E-state index contributed by atoms with van der Waals surface area (Å²) in [6.45, 7) is 3.10. The fourth-order valence-electron chi connectivity index (χ4n) is 1.97. The number of rotatable bonds is 5. The van der Waals surface area contributed by atoms with Crippen molar-refractivity contribution in [3.05, 3.63) is 30.1 Å². The lowest BCUT2D eigenvalue weighted by molar-refractivity contribution is 0.661. The second-order valence-corrected chi connectivity index (χ2v) is 5.63. The molecular weight excluding hydrogens is 230 g/mol. The quantitative estimate of drug-likeness (QED) is 0.824. The van der Waals surface area contributed by atoms with Crippen molar-refractivity contribution in [3.8, 4) is 0 Å². The molecule has 4 heteroatoms. The Morgan fingerprint density at radius 3 is 3.12 bits per heavy atom. The van der Waals surface area contributed by atoms with Crippen LogP contribution in [0.1, 0.15) is 25.5 Å². The highest BCUT2D eigenvalue weighted by atomic mass is 32.2. The van der Waals surface area contributed by atoms with E-state index in [2.05, 4.69) is 40.0 Å². The highest BCUT2D eigenvalue weighted by Gasteiger charge is 2.21. The number of hydrogen-bond acceptors (Lipinski definition) is 3. The number of nitrogens with zero attached hydrogens (tertiary/aromatic N) is 2. The first-order valence-corrected chi connectivity index (χ1v) is 7.19. The SMILES string of the molecule is CCSc1nc2ccccn2c1CNC1CC1. The molecule has 2 aromatic rings. The Hall–Kier alpha value is -1.00. The number of fused-ring (bicyclic) bond motifs is 1. The number of nitrogens with one attached hydrogen (secondary N) is 1. The van der Waals surface area contributed by atoms with Gasteiger partial charge in [0.2, 0.25) is 0 Å². The van der Waals surface area contributed by atoms with E-state index in [0.29, 0.717) is 0 Å². The summed E-state index contributed by atoms with van der Waals surface area (Å²) in [5.74, 6) is 1.07. The Kier molecular flexibility index (Phi) is 3.07. The van der Waals surface area contributed by atoms with Crippen molar-refractivity contribution in [2.24, 2.45) is 0 Å². The van der Waals surface area contributed by atoms with Crippen LogP contribution in [0.4, 0.5) is 0 Å². The summed E-state index contributed by atoms with van der Waals surface area (Å²) < 4.78 is 2.20. The lowest BCUT2D eigenvalue weighted by Gasteiger charge is -2.05. The Balaban J connectivity index is 1.94. The van der Waals surface area contributed by atoms with Crippen LogP contribution in [0.15, 0.2) is 29.4 Å². The van der Waals surface area contributed by atoms with E-state index in [1.165, 1.54) is 23.6 Å². The monoisotopic (exact) mass is 247 g/mol. The Morgan fingerprint density at radius 2 is 2.35 bits per heavy atom. The number of pyridine rings is 1. The Bertz CT molecular complexity index is 516. The van der Waals surface area contributed by atoms with Gasteiger partial charge in [-0.25, -0.2) is 4.98 Å². The van der Waals surface area contributed by atoms with E-state index in [0.717, 1.165) is 24.0 Å². The van der Waals surface area contributed by atoms with E-state index in [4.69, 9.17) is 0 Å². The average molecular weight is 247 g/mol. The molecule has 1 aliphatic rings. The zero-order valence-corrected chi connectivity index (χ0v) is 10.8. The van der Waals surface area contributed by atoms with Crippen LogP contribution >= 0.6 is 11.8 Å². The fourth-order valence-corrected chi connectivity index (χ4v) is 2.74. The summed E-state index contributed by atoms with van der Waals surface area (Å²) >= 11 is 1.83. The molecule has 0 aromatic carbocycles. The molecule has 2 heterocycles. The lowest BCUT2D eigenvalue weighted by atomic mass is 10.4. The van der Waals surface area contributed by atoms with Crippen LogP contribution in [-0.2, 0) is 6.54 Å². The van der Waals surface area contributed by atoms with Gasteiger partial charge < -0.3 is 9.72 Å². The molecule has 0 spiro atoms. The van der Waals surface area contributed by atoms with Gasteiger partial charge in [0, 0.05) is 18.8 Å². The van der Waals surface area contributed by atoms with E-state index in [1.807, 2.05) is 17.8 Å². The number of thioether (sulfide) groups is 1. The summed E-state index contributed by atoms with van der Waals surface area (Å²) in [6.07, 6.45) is 4.76. The highest BCUT2D eigenvalue weighted by Crippen LogP contribution is 2.25. The van der Waals surface area contributed by atoms with Crippen molar-refractivity contribution in [2.75, 3.05) is 5.75 Å². The van der Waals surface area contributed by atoms with Gasteiger partial charge in [0.1, 0.15) is 10.7 Å². The van der Waals surface area contributed by atoms with E-state index in [9.17, 15) is 0 Å². The molecule has 0 bridgehead atoms. The maximum atomic E-state index is 4.69. The summed E-state index contributed by atoms with van der Waals surface area (Å²) in [6, 6.07) is 6.92. The fraction of sp³-hybridized carbons (Fsp3) is 0.462. The molecule has 17 heavy (non-hydrogen) atoms. The van der Waals surface area contributed by atoms with E-state index >= 15 is 0 Å². The van der Waals surface area contributed by atoms with Crippen molar-refractivity contribution >= 4 is 17.4 Å². The Labute approximate surface area is 106 Å². The summed E-state index contributed by atoms with van der Waals surface area (Å²) in [5, 5.41) is 4.75. The number of aromatic nitrogens is 2. The van der Waals surface area contributed by atoms with Crippen LogP contribution < -0.4 is 5.32 Å². The van der Waals surface area contributed by atoms with E-state index in [-0.39, 0.29) is 0 Å². The van der Waals surface area contributed by atoms with Crippen molar-refractivity contribution in [2.45, 2.75) is 37.4 Å². The minimum Gasteiger partial charge on any atom is -0.308 e. The van der Waals surface area contributed by atoms with Gasteiger partial charge in [0.15, 0.2) is 0 Å². The predicted octanol–water partition coefficient (Wildman–Crippen LogP) is 2.70. The highest BCUT2D eigenvalue weighted by molar-refractivity contribution is 7.99. The molecule has 2 aromatic heterocycles. The van der Waals surface area contributed by atoms with Gasteiger partial charge in [0.25, 0.3) is 0 Å². The Morgan fingerprint density at radius 1 is 1.47 bits per heavy atom. The van der Waals surface area contributed by atoms with Gasteiger partial charge in [-0.05, 0) is 30.7 Å². The van der Waals surface area contributed by atoms with Gasteiger partial charge >= 0.3 is 0 Å². The second-order valence-electron chi connectivity index (χ2n) is 4.38. The third kappa shape index (κ3) is 2.33. The molecular formula is C13H17N3S. The summed E-state index contributed by atoms with van der Waals surface area (Å²) in [7, 11) is 0. The zero-order chi connectivity index (χ0) is 11.7. The first-order chi connectivity index (χ1) is 8.38. The van der Waals surface area contributed by atoms with Crippen LogP contribution in [0, 0.1) is 0 Å². The maximum Gasteiger partial charge on any atom is 0.138 e. The predicted molar refractivity (Wildman–Crippen MR) is 71.5 cm³/mol. The molecule has 0 saturated heterocycles. The maximum absolute atomic E-state index is 4.69. The zero-order valence-electron chi connectivity index (χ0n) is 10.0. The summed E-state index contributed by atoms with van der Waals surface area (Å²) in [5.41, 5.74) is 2.36. The molecule has 3 rings (SSSR count). The minimum absolute atomic E-state index is 0.740. The molecule has 0 aliphatic heterocycles. The smallest absolute Gasteiger partial charge is 0.138 e. The molecule has 1 saturated carbocycles. The standard InChI is InChI=1S/C13H17N3S/c1-2-17-13-11(9-14-10-6-7-10)16-8-4-3-5-12(16)15-13/h3-5,8,10,14H,2,6-7,9H2,1H3. The first kappa shape index (κ1) is 11.1. The van der Waals surface area contributed by atoms with E-state index < -0.39 is 0 Å². The normalized spacial score (nSPS) is 15.6. The van der Waals surface area contributed by atoms with Crippen molar-refractivity contribution in [1.29, 1.82) is 0 Å². The van der Waals surface area contributed by atoms with E-state index in [1.54, 1.807) is 0 Å². The molecule has 0 amide bonds. The number of imidazole rings is 1. The molecule has 0 unspecified atom stereocenters. The molecule has 1 aliphatic carbocycles. The summed E-state index contributed by atoms with van der Waals surface area (Å²) in [4.78, 5) is 4.69. The van der Waals surface area contributed by atoms with Crippen LogP contribution in [-0.4, -0.2) is 21.2 Å². The van der Waals surface area contributed by atoms with Crippen molar-refractivity contribution in [3.63, 3.8) is 0 Å². The first-order valence-electron chi connectivity index (χ1n) is 6.20. The minimum atomic E-state index is 0.740. The molecule has 90 valence electrons. The number of hydrogen-bond donors (Lipinski definition) is 1. The average Bonchev–Trinajstić information content (AvgIpc) is 3.10. The van der Waals surface area contributed by atoms with Crippen LogP contribution in [0.3, 0.4) is 0 Å². The third-order valence-electron chi connectivity index (χ3n) is 3.01. The third-order valence-corrected chi connectivity index (χ3v) is 3.90. The van der Waals surface area contributed by atoms with Crippen molar-refractivity contribution in [1.82, 2.24) is 14.7 Å². The van der Waals surface area contributed by atoms with Gasteiger partial charge in [-0.2, -0.15) is 0 Å². The van der Waals surface area contributed by atoms with Crippen LogP contribution in [0.25, 0.3) is 5.65 Å². The van der Waals surface area contributed by atoms with Gasteiger partial charge in [-0.1, -0.05) is 13.0 Å². The van der Waals surface area contributed by atoms with Crippen LogP contribution in [0.2, 0.25) is 0 Å². The topological polar surface area (TPSA) is 29.3 Å². The van der Waals surface area contributed by atoms with Gasteiger partial charge in [-0.15, -0.1) is 11.8 Å². The second kappa shape index (κ2) is 4.70. The largest absolute Gasteiger partial charge is 0.308 e. The molecule has 3 nitrogen and oxygen atoms in total. The lowest BCUT2D eigenvalue weighted by Crippen LogP contribution is -2.17. The van der Waals surface area contributed by atoms with Crippen LogP contribution in [0.5, 0.6) is 0 Å². The molecule has 0 atom stereocenters. The molecule has 1 N–H and O–H groups in total. The van der Waals surface area contributed by atoms with Gasteiger partial charge in [0.05, 0.1) is 5.69 Å². The molecule has 0 radical (unpaired) electrons. The molecule has 1 fully saturated rings. The van der Waals surface area contributed by atoms with Gasteiger partial charge in [-0.3, -0.25) is 0 Å². The van der Waals surface area contributed by atoms with Crippen molar-refractivity contribution < 1.29 is 0 Å².